The molecule has 1 saturated carbocycles. The first-order chi connectivity index (χ1) is 15.5. The number of amides is 2. The number of hydrogen-bond acceptors (Lipinski definition) is 7. The molecule has 0 aromatic carbocycles. The van der Waals surface area contributed by atoms with Crippen molar-refractivity contribution in [3.8, 4) is 16.5 Å². The molecule has 32 heavy (non-hydrogen) atoms. The molecule has 0 bridgehead atoms. The van der Waals surface area contributed by atoms with Crippen LogP contribution in [0.5, 0.6) is 5.88 Å². The van der Waals surface area contributed by atoms with E-state index in [1.807, 2.05) is 12.1 Å². The zero-order valence-electron chi connectivity index (χ0n) is 18.0. The van der Waals surface area contributed by atoms with Crippen molar-refractivity contribution in [2.24, 2.45) is 5.92 Å². The molecule has 0 aliphatic heterocycles. The van der Waals surface area contributed by atoms with Crippen LogP contribution in [0.2, 0.25) is 0 Å². The lowest BCUT2D eigenvalue weighted by Gasteiger charge is -2.18. The third-order valence-electron chi connectivity index (χ3n) is 5.31. The van der Waals surface area contributed by atoms with Crippen molar-refractivity contribution in [3.63, 3.8) is 0 Å². The van der Waals surface area contributed by atoms with Crippen LogP contribution in [0.25, 0.3) is 10.6 Å². The molecule has 2 N–H and O–H groups in total. The zero-order valence-corrected chi connectivity index (χ0v) is 18.8. The van der Waals surface area contributed by atoms with Crippen molar-refractivity contribution in [3.05, 3.63) is 53.4 Å². The topological polar surface area (TPSA) is 106 Å². The Labute approximate surface area is 190 Å². The van der Waals surface area contributed by atoms with Gasteiger partial charge in [-0.15, -0.1) is 11.3 Å². The maximum Gasteiger partial charge on any atom is 0.263 e. The summed E-state index contributed by atoms with van der Waals surface area (Å²) in [5.41, 5.74) is 2.04. The number of carbonyl (C=O) groups excluding carboxylic acids is 2. The first-order valence-electron chi connectivity index (χ1n) is 10.5. The van der Waals surface area contributed by atoms with Crippen LogP contribution in [0, 0.1) is 12.8 Å². The number of thiazole rings is 1. The standard InChI is InChI=1S/C23H25N5O3S/c1-14-20(32-23(26-14)16-4-3-11-24-12-16)22(30)28-18(9-7-15-5-6-15)21(29)27-17-8-10-19(31-2)25-13-17/h3-4,8,10-13,15,18H,5-7,9H2,1-2H3,(H,27,29)(H,28,30). The molecular weight excluding hydrogens is 426 g/mol. The number of anilines is 1. The van der Waals surface area contributed by atoms with Gasteiger partial charge in [-0.3, -0.25) is 14.6 Å². The van der Waals surface area contributed by atoms with E-state index in [9.17, 15) is 9.59 Å². The highest BCUT2D eigenvalue weighted by molar-refractivity contribution is 7.17. The Bertz CT molecular complexity index is 1080. The molecule has 3 heterocycles. The van der Waals surface area contributed by atoms with Crippen molar-refractivity contribution in [1.82, 2.24) is 20.3 Å². The van der Waals surface area contributed by atoms with Crippen LogP contribution in [-0.4, -0.2) is 39.9 Å². The Morgan fingerprint density at radius 3 is 2.75 bits per heavy atom. The van der Waals surface area contributed by atoms with Gasteiger partial charge in [-0.2, -0.15) is 0 Å². The second kappa shape index (κ2) is 9.86. The molecule has 9 heteroatoms. The van der Waals surface area contributed by atoms with Crippen LogP contribution in [0.4, 0.5) is 5.69 Å². The lowest BCUT2D eigenvalue weighted by atomic mass is 10.1. The van der Waals surface area contributed by atoms with E-state index in [2.05, 4.69) is 25.6 Å². The molecule has 166 valence electrons. The van der Waals surface area contributed by atoms with Crippen LogP contribution >= 0.6 is 11.3 Å². The quantitative estimate of drug-likeness (QED) is 0.512. The van der Waals surface area contributed by atoms with E-state index in [0.29, 0.717) is 34.5 Å². The molecule has 3 aromatic rings. The van der Waals surface area contributed by atoms with Crippen molar-refractivity contribution in [2.45, 2.75) is 38.6 Å². The van der Waals surface area contributed by atoms with E-state index in [1.165, 1.54) is 37.5 Å². The Kier molecular flexibility index (Phi) is 6.75. The second-order valence-electron chi connectivity index (χ2n) is 7.80. The van der Waals surface area contributed by atoms with E-state index >= 15 is 0 Å². The van der Waals surface area contributed by atoms with Crippen LogP contribution in [0.15, 0.2) is 42.9 Å². The molecule has 4 rings (SSSR count). The van der Waals surface area contributed by atoms with Crippen LogP contribution < -0.4 is 15.4 Å². The number of ether oxygens (including phenoxy) is 1. The third kappa shape index (κ3) is 5.47. The lowest BCUT2D eigenvalue weighted by Crippen LogP contribution is -2.43. The van der Waals surface area contributed by atoms with Crippen molar-refractivity contribution in [1.29, 1.82) is 0 Å². The zero-order chi connectivity index (χ0) is 22.5. The van der Waals surface area contributed by atoms with Gasteiger partial charge in [0.05, 0.1) is 24.7 Å². The molecule has 1 fully saturated rings. The monoisotopic (exact) mass is 451 g/mol. The van der Waals surface area contributed by atoms with Gasteiger partial charge in [0.25, 0.3) is 5.91 Å². The minimum Gasteiger partial charge on any atom is -0.481 e. The van der Waals surface area contributed by atoms with Crippen molar-refractivity contribution >= 4 is 28.8 Å². The fourth-order valence-corrected chi connectivity index (χ4v) is 4.29. The largest absolute Gasteiger partial charge is 0.481 e. The molecule has 1 aliphatic rings. The molecule has 0 spiro atoms. The summed E-state index contributed by atoms with van der Waals surface area (Å²) in [5, 5.41) is 6.50. The van der Waals surface area contributed by atoms with E-state index in [0.717, 1.165) is 17.0 Å². The smallest absolute Gasteiger partial charge is 0.263 e. The number of methoxy groups -OCH3 is 1. The summed E-state index contributed by atoms with van der Waals surface area (Å²) in [5.74, 6) is 0.554. The summed E-state index contributed by atoms with van der Waals surface area (Å²) < 4.78 is 5.05. The first kappa shape index (κ1) is 21.9. The van der Waals surface area contributed by atoms with Crippen LogP contribution in [0.1, 0.15) is 41.0 Å². The number of pyridine rings is 2. The Balaban J connectivity index is 1.47. The van der Waals surface area contributed by atoms with E-state index in [1.54, 1.807) is 31.5 Å². The summed E-state index contributed by atoms with van der Waals surface area (Å²) in [6.07, 6.45) is 8.80. The predicted octanol–water partition coefficient (Wildman–Crippen LogP) is 3.84. The molecule has 0 saturated heterocycles. The molecule has 3 aromatic heterocycles. The Morgan fingerprint density at radius 2 is 2.09 bits per heavy atom. The van der Waals surface area contributed by atoms with E-state index < -0.39 is 6.04 Å². The van der Waals surface area contributed by atoms with Crippen molar-refractivity contribution < 1.29 is 14.3 Å². The maximum atomic E-state index is 13.1. The van der Waals surface area contributed by atoms with Gasteiger partial charge in [0, 0.05) is 24.0 Å². The van der Waals surface area contributed by atoms with Crippen LogP contribution in [-0.2, 0) is 4.79 Å². The Morgan fingerprint density at radius 1 is 1.25 bits per heavy atom. The number of nitrogens with one attached hydrogen (secondary N) is 2. The normalized spacial score (nSPS) is 13.9. The summed E-state index contributed by atoms with van der Waals surface area (Å²) in [7, 11) is 1.53. The van der Waals surface area contributed by atoms with Gasteiger partial charge in [0.2, 0.25) is 11.8 Å². The Hall–Kier alpha value is -3.33. The summed E-state index contributed by atoms with van der Waals surface area (Å²) in [6.45, 7) is 1.80. The molecular formula is C23H25N5O3S. The van der Waals surface area contributed by atoms with E-state index in [-0.39, 0.29) is 11.8 Å². The fraction of sp³-hybridized carbons (Fsp3) is 0.348. The number of aryl methyl sites for hydroxylation is 1. The number of carbonyl (C=O) groups is 2. The highest BCUT2D eigenvalue weighted by Crippen LogP contribution is 2.34. The number of aromatic nitrogens is 3. The van der Waals surface area contributed by atoms with Crippen molar-refractivity contribution in [2.75, 3.05) is 12.4 Å². The fourth-order valence-electron chi connectivity index (χ4n) is 3.33. The predicted molar refractivity (Wildman–Crippen MR) is 123 cm³/mol. The molecule has 1 aliphatic carbocycles. The van der Waals surface area contributed by atoms with Gasteiger partial charge < -0.3 is 15.4 Å². The highest BCUT2D eigenvalue weighted by Gasteiger charge is 2.28. The summed E-state index contributed by atoms with van der Waals surface area (Å²) >= 11 is 1.30. The molecule has 1 unspecified atom stereocenters. The van der Waals surface area contributed by atoms with Gasteiger partial charge in [-0.05, 0) is 43.9 Å². The minimum atomic E-state index is -0.645. The number of hydrogen-bond donors (Lipinski definition) is 2. The maximum absolute atomic E-state index is 13.1. The second-order valence-corrected chi connectivity index (χ2v) is 8.80. The molecule has 8 nitrogen and oxygen atoms in total. The third-order valence-corrected chi connectivity index (χ3v) is 6.51. The minimum absolute atomic E-state index is 0.263. The average molecular weight is 452 g/mol. The SMILES string of the molecule is COc1ccc(NC(=O)C(CCC2CC2)NC(=O)c2sc(-c3cccnc3)nc2C)cn1. The molecule has 1 atom stereocenters. The van der Waals surface area contributed by atoms with Gasteiger partial charge >= 0.3 is 0 Å². The number of rotatable bonds is 9. The first-order valence-corrected chi connectivity index (χ1v) is 11.3. The molecule has 0 radical (unpaired) electrons. The number of nitrogens with zero attached hydrogens (tertiary/aromatic N) is 3. The molecule has 2 amide bonds. The lowest BCUT2D eigenvalue weighted by molar-refractivity contribution is -0.118. The summed E-state index contributed by atoms with van der Waals surface area (Å²) in [4.78, 5) is 39.3. The van der Waals surface area contributed by atoms with Gasteiger partial charge in [-0.25, -0.2) is 9.97 Å². The van der Waals surface area contributed by atoms with Gasteiger partial charge in [-0.1, -0.05) is 12.8 Å². The van der Waals surface area contributed by atoms with E-state index in [4.69, 9.17) is 4.74 Å². The average Bonchev–Trinajstić information content (AvgIpc) is 3.56. The van der Waals surface area contributed by atoms with Gasteiger partial charge in [0.15, 0.2) is 0 Å². The van der Waals surface area contributed by atoms with Crippen LogP contribution in [0.3, 0.4) is 0 Å². The highest BCUT2D eigenvalue weighted by atomic mass is 32.1. The summed E-state index contributed by atoms with van der Waals surface area (Å²) in [6, 6.07) is 6.48. The van der Waals surface area contributed by atoms with Gasteiger partial charge in [0.1, 0.15) is 15.9 Å².